The highest BCUT2D eigenvalue weighted by Crippen LogP contribution is 2.17. The minimum Gasteiger partial charge on any atom is -0.389 e. The standard InChI is InChI=1S/C13H20N2O2S2/c1-4-10(2)15(3)19(16,17)9-11-7-5-6-8-12(11)13(14)18/h5-8,10H,4,9H2,1-3H3,(H2,14,18). The third kappa shape index (κ3) is 3.99. The molecular weight excluding hydrogens is 280 g/mol. The maximum Gasteiger partial charge on any atom is 0.218 e. The fourth-order valence-electron chi connectivity index (χ4n) is 1.72. The van der Waals surface area contributed by atoms with Gasteiger partial charge in [0, 0.05) is 18.7 Å². The minimum atomic E-state index is -3.36. The van der Waals surface area contributed by atoms with Gasteiger partial charge in [-0.15, -0.1) is 0 Å². The summed E-state index contributed by atoms with van der Waals surface area (Å²) in [6.45, 7) is 3.84. The molecule has 0 aliphatic rings. The van der Waals surface area contributed by atoms with Crippen molar-refractivity contribution in [3.05, 3.63) is 35.4 Å². The zero-order valence-corrected chi connectivity index (χ0v) is 13.1. The molecule has 1 unspecified atom stereocenters. The first-order chi connectivity index (χ1) is 8.79. The van der Waals surface area contributed by atoms with E-state index in [-0.39, 0.29) is 16.8 Å². The van der Waals surface area contributed by atoms with Crippen LogP contribution in [-0.2, 0) is 15.8 Å². The Hall–Kier alpha value is -0.980. The van der Waals surface area contributed by atoms with Crippen molar-refractivity contribution in [3.8, 4) is 0 Å². The Kier molecular flexibility index (Phi) is 5.46. The van der Waals surface area contributed by atoms with Crippen LogP contribution in [0, 0.1) is 0 Å². The highest BCUT2D eigenvalue weighted by molar-refractivity contribution is 7.88. The summed E-state index contributed by atoms with van der Waals surface area (Å²) in [6, 6.07) is 7.05. The number of benzene rings is 1. The minimum absolute atomic E-state index is 0.0259. The first-order valence-electron chi connectivity index (χ1n) is 6.13. The lowest BCUT2D eigenvalue weighted by atomic mass is 10.1. The lowest BCUT2D eigenvalue weighted by molar-refractivity contribution is 0.380. The molecule has 0 amide bonds. The van der Waals surface area contributed by atoms with Crippen LogP contribution in [0.1, 0.15) is 31.4 Å². The summed E-state index contributed by atoms with van der Waals surface area (Å²) in [5.41, 5.74) is 6.89. The number of nitrogens with zero attached hydrogens (tertiary/aromatic N) is 1. The molecule has 4 nitrogen and oxygen atoms in total. The van der Waals surface area contributed by atoms with Gasteiger partial charge in [-0.3, -0.25) is 0 Å². The van der Waals surface area contributed by atoms with E-state index in [9.17, 15) is 8.42 Å². The maximum atomic E-state index is 12.3. The van der Waals surface area contributed by atoms with Crippen LogP contribution >= 0.6 is 12.2 Å². The van der Waals surface area contributed by atoms with Crippen LogP contribution < -0.4 is 5.73 Å². The van der Waals surface area contributed by atoms with Gasteiger partial charge in [-0.1, -0.05) is 43.4 Å². The van der Waals surface area contributed by atoms with E-state index in [1.165, 1.54) is 4.31 Å². The predicted octanol–water partition coefficient (Wildman–Crippen LogP) is 1.88. The topological polar surface area (TPSA) is 63.4 Å². The number of thiocarbonyl (C=S) groups is 1. The van der Waals surface area contributed by atoms with Gasteiger partial charge in [0.2, 0.25) is 10.0 Å². The molecule has 0 aliphatic heterocycles. The van der Waals surface area contributed by atoms with Gasteiger partial charge in [0.05, 0.1) is 5.75 Å². The van der Waals surface area contributed by atoms with Crippen LogP contribution in [0.4, 0.5) is 0 Å². The number of rotatable bonds is 6. The summed E-state index contributed by atoms with van der Waals surface area (Å²) >= 11 is 4.95. The van der Waals surface area contributed by atoms with Crippen LogP contribution in [0.3, 0.4) is 0 Å². The molecule has 0 saturated heterocycles. The number of hydrogen-bond acceptors (Lipinski definition) is 3. The van der Waals surface area contributed by atoms with Crippen molar-refractivity contribution >= 4 is 27.2 Å². The fraction of sp³-hybridized carbons (Fsp3) is 0.462. The average Bonchev–Trinajstić information content (AvgIpc) is 2.36. The van der Waals surface area contributed by atoms with Crippen LogP contribution in [-0.4, -0.2) is 30.8 Å². The fourth-order valence-corrected chi connectivity index (χ4v) is 3.46. The third-order valence-electron chi connectivity index (χ3n) is 3.27. The molecular formula is C13H20N2O2S2. The Morgan fingerprint density at radius 2 is 2.00 bits per heavy atom. The quantitative estimate of drug-likeness (QED) is 0.815. The average molecular weight is 300 g/mol. The first-order valence-corrected chi connectivity index (χ1v) is 8.14. The van der Waals surface area contributed by atoms with E-state index in [1.54, 1.807) is 31.3 Å². The lowest BCUT2D eigenvalue weighted by Gasteiger charge is -2.23. The van der Waals surface area contributed by atoms with Crippen LogP contribution in [0.25, 0.3) is 0 Å². The van der Waals surface area contributed by atoms with E-state index in [4.69, 9.17) is 18.0 Å². The second-order valence-corrected chi connectivity index (χ2v) is 7.02. The molecule has 0 aliphatic carbocycles. The molecule has 2 N–H and O–H groups in total. The van der Waals surface area contributed by atoms with Crippen molar-refractivity contribution in [2.75, 3.05) is 7.05 Å². The summed E-state index contributed by atoms with van der Waals surface area (Å²) in [7, 11) is -1.76. The number of sulfonamides is 1. The Morgan fingerprint density at radius 1 is 1.42 bits per heavy atom. The Labute approximate surface area is 120 Å². The number of hydrogen-bond donors (Lipinski definition) is 1. The molecule has 6 heteroatoms. The maximum absolute atomic E-state index is 12.3. The molecule has 1 atom stereocenters. The van der Waals surface area contributed by atoms with Gasteiger partial charge < -0.3 is 5.73 Å². The van der Waals surface area contributed by atoms with Crippen LogP contribution in [0.2, 0.25) is 0 Å². The molecule has 19 heavy (non-hydrogen) atoms. The summed E-state index contributed by atoms with van der Waals surface area (Å²) in [5, 5.41) is 0. The van der Waals surface area contributed by atoms with Crippen molar-refractivity contribution in [1.29, 1.82) is 0 Å². The second kappa shape index (κ2) is 6.45. The normalized spacial score (nSPS) is 13.5. The zero-order valence-electron chi connectivity index (χ0n) is 11.5. The van der Waals surface area contributed by atoms with E-state index in [2.05, 4.69) is 0 Å². The number of nitrogens with two attached hydrogens (primary N) is 1. The van der Waals surface area contributed by atoms with Gasteiger partial charge in [-0.25, -0.2) is 12.7 Å². The summed E-state index contributed by atoms with van der Waals surface area (Å²) in [6.07, 6.45) is 0.771. The monoisotopic (exact) mass is 300 g/mol. The zero-order chi connectivity index (χ0) is 14.6. The molecule has 1 aromatic carbocycles. The highest BCUT2D eigenvalue weighted by Gasteiger charge is 2.23. The van der Waals surface area contributed by atoms with E-state index < -0.39 is 10.0 Å². The van der Waals surface area contributed by atoms with Crippen molar-refractivity contribution in [1.82, 2.24) is 4.31 Å². The molecule has 0 spiro atoms. The molecule has 0 saturated carbocycles. The molecule has 1 rings (SSSR count). The predicted molar refractivity (Wildman–Crippen MR) is 82.5 cm³/mol. The molecule has 106 valence electrons. The van der Waals surface area contributed by atoms with E-state index in [0.717, 1.165) is 6.42 Å². The summed E-state index contributed by atoms with van der Waals surface area (Å²) in [5.74, 6) is -0.0820. The van der Waals surface area contributed by atoms with Gasteiger partial charge in [-0.2, -0.15) is 0 Å². The SMILES string of the molecule is CCC(C)N(C)S(=O)(=O)Cc1ccccc1C(N)=S. The summed E-state index contributed by atoms with van der Waals surface area (Å²) < 4.78 is 26.0. The lowest BCUT2D eigenvalue weighted by Crippen LogP contribution is -2.35. The van der Waals surface area contributed by atoms with Gasteiger partial charge in [0.1, 0.15) is 4.99 Å². The van der Waals surface area contributed by atoms with Gasteiger partial charge in [0.25, 0.3) is 0 Å². The van der Waals surface area contributed by atoms with Crippen molar-refractivity contribution in [2.45, 2.75) is 32.1 Å². The van der Waals surface area contributed by atoms with Crippen molar-refractivity contribution in [2.24, 2.45) is 5.73 Å². The van der Waals surface area contributed by atoms with Crippen LogP contribution in [0.5, 0.6) is 0 Å². The van der Waals surface area contributed by atoms with Crippen molar-refractivity contribution in [3.63, 3.8) is 0 Å². The Morgan fingerprint density at radius 3 is 2.53 bits per heavy atom. The molecule has 0 heterocycles. The van der Waals surface area contributed by atoms with E-state index in [1.807, 2.05) is 13.8 Å². The Bertz CT molecular complexity index is 556. The van der Waals surface area contributed by atoms with E-state index in [0.29, 0.717) is 11.1 Å². The molecule has 0 aromatic heterocycles. The van der Waals surface area contributed by atoms with E-state index >= 15 is 0 Å². The molecule has 0 fully saturated rings. The molecule has 0 bridgehead atoms. The molecule has 0 radical (unpaired) electrons. The molecule has 1 aromatic rings. The summed E-state index contributed by atoms with van der Waals surface area (Å²) in [4.78, 5) is 0.219. The van der Waals surface area contributed by atoms with Crippen LogP contribution in [0.15, 0.2) is 24.3 Å². The first kappa shape index (κ1) is 16.1. The van der Waals surface area contributed by atoms with Crippen molar-refractivity contribution < 1.29 is 8.42 Å². The third-order valence-corrected chi connectivity index (χ3v) is 5.40. The second-order valence-electron chi connectivity index (χ2n) is 4.55. The Balaban J connectivity index is 3.06. The highest BCUT2D eigenvalue weighted by atomic mass is 32.2. The van der Waals surface area contributed by atoms with Gasteiger partial charge >= 0.3 is 0 Å². The van der Waals surface area contributed by atoms with Gasteiger partial charge in [0.15, 0.2) is 0 Å². The van der Waals surface area contributed by atoms with Gasteiger partial charge in [-0.05, 0) is 18.9 Å². The smallest absolute Gasteiger partial charge is 0.218 e. The largest absolute Gasteiger partial charge is 0.389 e.